The molecule has 7 rings (SSSR count). The molecule has 4 saturated carbocycles. The maximum Gasteiger partial charge on any atom is 0.514 e. The predicted molar refractivity (Wildman–Crippen MR) is 178 cm³/mol. The van der Waals surface area contributed by atoms with Crippen molar-refractivity contribution in [3.63, 3.8) is 0 Å². The predicted octanol–water partition coefficient (Wildman–Crippen LogP) is 9.31. The Labute approximate surface area is 283 Å². The zero-order chi connectivity index (χ0) is 33.9. The van der Waals surface area contributed by atoms with Gasteiger partial charge in [0.25, 0.3) is 11.4 Å². The summed E-state index contributed by atoms with van der Waals surface area (Å²) in [5, 5.41) is 20.5. The number of methoxy groups -OCH3 is 1. The van der Waals surface area contributed by atoms with Crippen LogP contribution in [0.2, 0.25) is 5.02 Å². The van der Waals surface area contributed by atoms with Crippen LogP contribution in [-0.4, -0.2) is 18.2 Å². The summed E-state index contributed by atoms with van der Waals surface area (Å²) in [5.74, 6) is 4.01. The van der Waals surface area contributed by atoms with Crippen molar-refractivity contribution in [3.05, 3.63) is 126 Å². The van der Waals surface area contributed by atoms with E-state index in [1.165, 1.54) is 36.3 Å². The summed E-state index contributed by atoms with van der Waals surface area (Å²) < 4.78 is 23.0. The number of hydrogen-bond acceptors (Lipinski definition) is 8. The molecule has 1 aliphatic heterocycles. The van der Waals surface area contributed by atoms with Crippen LogP contribution in [0.25, 0.3) is 16.7 Å². The fourth-order valence-corrected chi connectivity index (χ4v) is 7.90. The number of hydrogen-bond donors (Lipinski definition) is 0. The minimum absolute atomic E-state index is 0.0522. The van der Waals surface area contributed by atoms with Gasteiger partial charge in [-0.1, -0.05) is 17.7 Å². The van der Waals surface area contributed by atoms with Crippen LogP contribution < -0.4 is 4.74 Å². The Bertz CT molecular complexity index is 1860. The molecule has 10 nitrogen and oxygen atoms in total. The number of allylic oxidation sites excluding steroid dienone is 7. The number of nitro groups is 1. The molecule has 11 heteroatoms. The lowest BCUT2D eigenvalue weighted by Crippen LogP contribution is -2.40. The molecule has 0 spiro atoms. The van der Waals surface area contributed by atoms with Gasteiger partial charge < -0.3 is 18.9 Å². The lowest BCUT2D eigenvalue weighted by Gasteiger charge is -2.51. The molecule has 2 aromatic carbocycles. The summed E-state index contributed by atoms with van der Waals surface area (Å²) in [6, 6.07) is 11.2. The van der Waals surface area contributed by atoms with Crippen LogP contribution in [0, 0.1) is 51.7 Å². The Morgan fingerprint density at radius 1 is 1.10 bits per heavy atom. The van der Waals surface area contributed by atoms with E-state index in [4.69, 9.17) is 37.1 Å². The molecule has 0 N–H and O–H groups in total. The first-order chi connectivity index (χ1) is 23.2. The molecule has 244 valence electrons. The van der Waals surface area contributed by atoms with Crippen molar-refractivity contribution < 1.29 is 28.7 Å². The van der Waals surface area contributed by atoms with Gasteiger partial charge in [0.05, 0.1) is 29.7 Å². The molecule has 48 heavy (non-hydrogen) atoms. The lowest BCUT2D eigenvalue weighted by molar-refractivity contribution is -0.384. The normalized spacial score (nSPS) is 23.3. The highest BCUT2D eigenvalue weighted by Gasteiger charge is 2.47. The molecule has 5 aliphatic rings. The first-order valence-electron chi connectivity index (χ1n) is 15.6. The van der Waals surface area contributed by atoms with E-state index < -0.39 is 11.1 Å². The molecule has 0 saturated heterocycles. The number of non-ortho nitro benzene ring substituents is 1. The summed E-state index contributed by atoms with van der Waals surface area (Å²) in [6.07, 6.45) is 11.3. The Morgan fingerprint density at radius 3 is 2.40 bits per heavy atom. The number of nitriles is 1. The number of benzene rings is 2. The second-order valence-corrected chi connectivity index (χ2v) is 12.8. The SMILES string of the molecule is [C-]#[N+]/C(C#N)=C1\C=C(C)OC(/C=C/c2ccc(C(OC)=C3C4CC5CC(C4)CC3C5)c(Cl)c2OC(=O)OCc2ccc([N+](=O)[O-])cc2)=C1. The number of carbonyl (C=O) groups is 1. The van der Waals surface area contributed by atoms with Crippen molar-refractivity contribution in [2.75, 3.05) is 7.11 Å². The summed E-state index contributed by atoms with van der Waals surface area (Å²) in [6.45, 7) is 8.84. The fourth-order valence-electron chi connectivity index (χ4n) is 7.60. The fraction of sp³-hybridized carbons (Fsp3) is 0.324. The standard InChI is InChI=1S/C37H32ClN3O7/c1-21-12-26(32(19-39)40-2)18-30(47-21)10-6-25-7-11-31(36(45-3)33-27-14-23-13-24(16-27)17-28(33)15-23)34(38)35(25)48-37(42)46-20-22-4-8-29(9-5-22)41(43)44/h4-12,18,23-24,27-28H,13-17,20H2,1,3H3/b10-6+,32-26+,36-33?. The quantitative estimate of drug-likeness (QED) is 0.0519. The molecule has 4 aliphatic carbocycles. The average Bonchev–Trinajstić information content (AvgIpc) is 3.06. The zero-order valence-corrected chi connectivity index (χ0v) is 27.2. The number of halogens is 1. The van der Waals surface area contributed by atoms with Crippen LogP contribution in [0.1, 0.15) is 55.7 Å². The van der Waals surface area contributed by atoms with E-state index in [9.17, 15) is 20.2 Å². The highest BCUT2D eigenvalue weighted by Crippen LogP contribution is 2.58. The molecule has 2 aromatic rings. The first-order valence-corrected chi connectivity index (χ1v) is 16.0. The van der Waals surface area contributed by atoms with Gasteiger partial charge in [-0.3, -0.25) is 10.1 Å². The van der Waals surface area contributed by atoms with Gasteiger partial charge in [-0.25, -0.2) is 14.9 Å². The second kappa shape index (κ2) is 13.8. The van der Waals surface area contributed by atoms with Crippen LogP contribution >= 0.6 is 11.6 Å². The minimum Gasteiger partial charge on any atom is -0.496 e. The van der Waals surface area contributed by atoms with Crippen molar-refractivity contribution in [1.29, 1.82) is 5.26 Å². The van der Waals surface area contributed by atoms with E-state index in [0.717, 1.165) is 37.5 Å². The zero-order valence-electron chi connectivity index (χ0n) is 26.4. The Kier molecular flexibility index (Phi) is 9.38. The second-order valence-electron chi connectivity index (χ2n) is 12.5. The van der Waals surface area contributed by atoms with Gasteiger partial charge in [0.15, 0.2) is 5.75 Å². The molecule has 0 radical (unpaired) electrons. The monoisotopic (exact) mass is 665 g/mol. The van der Waals surface area contributed by atoms with Crippen molar-refractivity contribution in [1.82, 2.24) is 0 Å². The van der Waals surface area contributed by atoms with Crippen LogP contribution in [0.15, 0.2) is 83.0 Å². The topological polar surface area (TPSA) is 125 Å². The maximum atomic E-state index is 13.1. The van der Waals surface area contributed by atoms with Crippen LogP contribution in [0.4, 0.5) is 10.5 Å². The molecule has 0 amide bonds. The van der Waals surface area contributed by atoms with Crippen molar-refractivity contribution in [2.24, 2.45) is 23.7 Å². The lowest BCUT2D eigenvalue weighted by atomic mass is 9.54. The number of rotatable bonds is 8. The van der Waals surface area contributed by atoms with Crippen molar-refractivity contribution >= 4 is 35.3 Å². The van der Waals surface area contributed by atoms with Gasteiger partial charge in [0.1, 0.15) is 23.9 Å². The Morgan fingerprint density at radius 2 is 1.79 bits per heavy atom. The Balaban J connectivity index is 1.34. The first kappa shape index (κ1) is 32.6. The molecule has 4 bridgehead atoms. The molecule has 0 aromatic heterocycles. The number of carbonyl (C=O) groups excluding carboxylic acids is 1. The van der Waals surface area contributed by atoms with Crippen LogP contribution in [-0.2, 0) is 20.8 Å². The number of nitro benzene ring substituents is 1. The van der Waals surface area contributed by atoms with Gasteiger partial charge in [-0.15, -0.1) is 0 Å². The molecular weight excluding hydrogens is 634 g/mol. The summed E-state index contributed by atoms with van der Waals surface area (Å²) >= 11 is 7.08. The summed E-state index contributed by atoms with van der Waals surface area (Å²) in [5.41, 5.74) is 3.15. The van der Waals surface area contributed by atoms with Gasteiger partial charge in [0.2, 0.25) is 0 Å². The van der Waals surface area contributed by atoms with Gasteiger partial charge >= 0.3 is 6.16 Å². The van der Waals surface area contributed by atoms with Crippen molar-refractivity contribution in [2.45, 2.75) is 45.6 Å². The van der Waals surface area contributed by atoms with Gasteiger partial charge in [0, 0.05) is 23.3 Å². The van der Waals surface area contributed by atoms with Crippen LogP contribution in [0.5, 0.6) is 5.75 Å². The van der Waals surface area contributed by atoms with E-state index in [2.05, 4.69) is 4.85 Å². The maximum absolute atomic E-state index is 13.1. The molecule has 4 fully saturated rings. The van der Waals surface area contributed by atoms with E-state index in [0.29, 0.717) is 51.4 Å². The number of ether oxygens (including phenoxy) is 4. The van der Waals surface area contributed by atoms with E-state index in [-0.39, 0.29) is 28.8 Å². The van der Waals surface area contributed by atoms with E-state index >= 15 is 0 Å². The third-order valence-corrected chi connectivity index (χ3v) is 9.77. The molecule has 1 heterocycles. The van der Waals surface area contributed by atoms with E-state index in [1.54, 1.807) is 44.4 Å². The third kappa shape index (κ3) is 6.71. The largest absolute Gasteiger partial charge is 0.514 e. The highest BCUT2D eigenvalue weighted by atomic mass is 35.5. The molecule has 0 unspecified atom stereocenters. The van der Waals surface area contributed by atoms with E-state index in [1.807, 2.05) is 12.1 Å². The smallest absolute Gasteiger partial charge is 0.496 e. The molecule has 0 atom stereocenters. The van der Waals surface area contributed by atoms with Crippen LogP contribution in [0.3, 0.4) is 0 Å². The van der Waals surface area contributed by atoms with Gasteiger partial charge in [-0.2, -0.15) is 0 Å². The van der Waals surface area contributed by atoms with Gasteiger partial charge in [-0.05, 0) is 122 Å². The summed E-state index contributed by atoms with van der Waals surface area (Å²) in [7, 11) is 1.64. The Hall–Kier alpha value is -5.32. The number of nitrogens with zero attached hydrogens (tertiary/aromatic N) is 3. The highest BCUT2D eigenvalue weighted by molar-refractivity contribution is 6.34. The van der Waals surface area contributed by atoms with Crippen molar-refractivity contribution in [3.8, 4) is 11.8 Å². The average molecular weight is 666 g/mol. The minimum atomic E-state index is -1.02. The molecular formula is C37H32ClN3O7. The summed E-state index contributed by atoms with van der Waals surface area (Å²) in [4.78, 5) is 26.8. The third-order valence-electron chi connectivity index (χ3n) is 9.40.